The Balaban J connectivity index is 1.86. The molecule has 6 heteroatoms. The Morgan fingerprint density at radius 1 is 1.23 bits per heavy atom. The van der Waals surface area contributed by atoms with Crippen LogP contribution in [0.4, 0.5) is 0 Å². The molecular formula is C16H16BrNO3S. The fraction of sp³-hybridized carbons (Fsp3) is 0.250. The number of sulfonamides is 1. The Morgan fingerprint density at radius 2 is 2.00 bits per heavy atom. The molecule has 3 rings (SSSR count). The number of fused-ring (bicyclic) bond motifs is 1. The summed E-state index contributed by atoms with van der Waals surface area (Å²) in [5, 5.41) is 0. The van der Waals surface area contributed by atoms with Gasteiger partial charge in [-0.15, -0.1) is 0 Å². The Hall–Kier alpha value is -1.37. The lowest BCUT2D eigenvalue weighted by molar-refractivity contribution is 0.356. The lowest BCUT2D eigenvalue weighted by atomic mass is 10.1. The SMILES string of the molecule is CC(NS(=O)(=O)c1ccc2c(c1)CCO2)c1ccccc1Br. The third-order valence-electron chi connectivity index (χ3n) is 3.67. The van der Waals surface area contributed by atoms with Crippen LogP contribution in [0.1, 0.15) is 24.1 Å². The molecule has 2 aromatic carbocycles. The van der Waals surface area contributed by atoms with Gasteiger partial charge in [0, 0.05) is 16.9 Å². The van der Waals surface area contributed by atoms with Crippen molar-refractivity contribution >= 4 is 26.0 Å². The minimum Gasteiger partial charge on any atom is -0.493 e. The number of hydrogen-bond acceptors (Lipinski definition) is 3. The first-order valence-electron chi connectivity index (χ1n) is 7.00. The van der Waals surface area contributed by atoms with Gasteiger partial charge < -0.3 is 4.74 Å². The normalized spacial score (nSPS) is 15.2. The monoisotopic (exact) mass is 381 g/mol. The van der Waals surface area contributed by atoms with E-state index in [1.165, 1.54) is 0 Å². The first-order valence-corrected chi connectivity index (χ1v) is 9.27. The van der Waals surface area contributed by atoms with E-state index in [1.807, 2.05) is 31.2 Å². The molecule has 1 N–H and O–H groups in total. The van der Waals surface area contributed by atoms with E-state index >= 15 is 0 Å². The summed E-state index contributed by atoms with van der Waals surface area (Å²) in [5.41, 5.74) is 1.84. The van der Waals surface area contributed by atoms with Crippen LogP contribution in [0.25, 0.3) is 0 Å². The largest absolute Gasteiger partial charge is 0.493 e. The zero-order chi connectivity index (χ0) is 15.7. The molecule has 0 radical (unpaired) electrons. The van der Waals surface area contributed by atoms with E-state index in [1.54, 1.807) is 18.2 Å². The molecule has 1 atom stereocenters. The minimum atomic E-state index is -3.57. The number of benzene rings is 2. The molecule has 1 aliphatic heterocycles. The highest BCUT2D eigenvalue weighted by atomic mass is 79.9. The highest BCUT2D eigenvalue weighted by Crippen LogP contribution is 2.29. The molecule has 0 fully saturated rings. The van der Waals surface area contributed by atoms with Crippen LogP contribution in [-0.2, 0) is 16.4 Å². The van der Waals surface area contributed by atoms with Gasteiger partial charge >= 0.3 is 0 Å². The molecule has 1 aliphatic rings. The molecule has 0 bridgehead atoms. The van der Waals surface area contributed by atoms with E-state index in [9.17, 15) is 8.42 Å². The average Bonchev–Trinajstić information content (AvgIpc) is 2.94. The molecule has 22 heavy (non-hydrogen) atoms. The maximum atomic E-state index is 12.6. The van der Waals surface area contributed by atoms with Gasteiger partial charge in [-0.2, -0.15) is 0 Å². The standard InChI is InChI=1S/C16H16BrNO3S/c1-11(14-4-2-3-5-15(14)17)18-22(19,20)13-6-7-16-12(10-13)8-9-21-16/h2-7,10-11,18H,8-9H2,1H3. The van der Waals surface area contributed by atoms with E-state index in [4.69, 9.17) is 4.74 Å². The number of ether oxygens (including phenoxy) is 1. The van der Waals surface area contributed by atoms with Gasteiger partial charge in [0.05, 0.1) is 11.5 Å². The molecule has 4 nitrogen and oxygen atoms in total. The third kappa shape index (κ3) is 3.04. The molecular weight excluding hydrogens is 366 g/mol. The average molecular weight is 382 g/mol. The van der Waals surface area contributed by atoms with Crippen molar-refractivity contribution in [1.82, 2.24) is 4.72 Å². The molecule has 2 aromatic rings. The molecule has 0 aromatic heterocycles. The summed E-state index contributed by atoms with van der Waals surface area (Å²) in [6, 6.07) is 12.2. The first-order chi connectivity index (χ1) is 10.5. The predicted molar refractivity (Wildman–Crippen MR) is 88.5 cm³/mol. The second kappa shape index (κ2) is 6.02. The molecule has 0 saturated heterocycles. The topological polar surface area (TPSA) is 55.4 Å². The fourth-order valence-corrected chi connectivity index (χ4v) is 4.42. The number of halogens is 1. The van der Waals surface area contributed by atoms with Gasteiger partial charge in [0.25, 0.3) is 0 Å². The summed E-state index contributed by atoms with van der Waals surface area (Å²) in [6.07, 6.45) is 0.748. The van der Waals surface area contributed by atoms with E-state index in [2.05, 4.69) is 20.7 Å². The zero-order valence-corrected chi connectivity index (χ0v) is 14.4. The molecule has 1 unspecified atom stereocenters. The van der Waals surface area contributed by atoms with E-state index in [-0.39, 0.29) is 10.9 Å². The van der Waals surface area contributed by atoms with Crippen molar-refractivity contribution in [3.05, 3.63) is 58.1 Å². The smallest absolute Gasteiger partial charge is 0.241 e. The minimum absolute atomic E-state index is 0.274. The van der Waals surface area contributed by atoms with Gasteiger partial charge in [-0.25, -0.2) is 13.1 Å². The molecule has 0 amide bonds. The zero-order valence-electron chi connectivity index (χ0n) is 12.0. The van der Waals surface area contributed by atoms with Crippen LogP contribution in [0, 0.1) is 0 Å². The summed E-state index contributed by atoms with van der Waals surface area (Å²) < 4.78 is 34.1. The highest BCUT2D eigenvalue weighted by Gasteiger charge is 2.22. The van der Waals surface area contributed by atoms with Gasteiger partial charge in [0.1, 0.15) is 5.75 Å². The molecule has 0 spiro atoms. The Kier molecular flexibility index (Phi) is 4.25. The Bertz CT molecular complexity index is 805. The van der Waals surface area contributed by atoms with Crippen molar-refractivity contribution < 1.29 is 13.2 Å². The van der Waals surface area contributed by atoms with Gasteiger partial charge in [-0.3, -0.25) is 0 Å². The maximum Gasteiger partial charge on any atom is 0.241 e. The van der Waals surface area contributed by atoms with Crippen molar-refractivity contribution in [2.75, 3.05) is 6.61 Å². The van der Waals surface area contributed by atoms with Gasteiger partial charge in [-0.1, -0.05) is 34.1 Å². The summed E-state index contributed by atoms with van der Waals surface area (Å²) in [7, 11) is -3.57. The van der Waals surface area contributed by atoms with Crippen LogP contribution in [-0.4, -0.2) is 15.0 Å². The second-order valence-electron chi connectivity index (χ2n) is 5.23. The predicted octanol–water partition coefficient (Wildman–Crippen LogP) is 3.42. The first kappa shape index (κ1) is 15.5. The summed E-state index contributed by atoms with van der Waals surface area (Å²) in [4.78, 5) is 0.274. The highest BCUT2D eigenvalue weighted by molar-refractivity contribution is 9.10. The Morgan fingerprint density at radius 3 is 2.77 bits per heavy atom. The second-order valence-corrected chi connectivity index (χ2v) is 7.80. The van der Waals surface area contributed by atoms with E-state index in [0.717, 1.165) is 27.8 Å². The van der Waals surface area contributed by atoms with Crippen LogP contribution in [0.2, 0.25) is 0 Å². The molecule has 0 saturated carbocycles. The number of nitrogens with one attached hydrogen (secondary N) is 1. The van der Waals surface area contributed by atoms with Crippen molar-refractivity contribution in [3.8, 4) is 5.75 Å². The van der Waals surface area contributed by atoms with Crippen molar-refractivity contribution in [3.63, 3.8) is 0 Å². The molecule has 116 valence electrons. The van der Waals surface area contributed by atoms with Crippen molar-refractivity contribution in [2.45, 2.75) is 24.3 Å². The molecule has 0 aliphatic carbocycles. The van der Waals surface area contributed by atoms with Crippen LogP contribution in [0.3, 0.4) is 0 Å². The van der Waals surface area contributed by atoms with Gasteiger partial charge in [0.2, 0.25) is 10.0 Å². The van der Waals surface area contributed by atoms with Gasteiger partial charge in [0.15, 0.2) is 0 Å². The van der Waals surface area contributed by atoms with Crippen molar-refractivity contribution in [2.24, 2.45) is 0 Å². The van der Waals surface area contributed by atoms with Crippen LogP contribution in [0.15, 0.2) is 51.8 Å². The summed E-state index contributed by atoms with van der Waals surface area (Å²) in [6.45, 7) is 2.44. The lowest BCUT2D eigenvalue weighted by Gasteiger charge is -2.16. The summed E-state index contributed by atoms with van der Waals surface area (Å²) in [5.74, 6) is 0.776. The Labute approximate surface area is 138 Å². The van der Waals surface area contributed by atoms with Gasteiger partial charge in [-0.05, 0) is 42.3 Å². The van der Waals surface area contributed by atoms with Crippen LogP contribution < -0.4 is 9.46 Å². The number of hydrogen-bond donors (Lipinski definition) is 1. The number of rotatable bonds is 4. The fourth-order valence-electron chi connectivity index (χ4n) is 2.52. The quantitative estimate of drug-likeness (QED) is 0.882. The van der Waals surface area contributed by atoms with Crippen molar-refractivity contribution in [1.29, 1.82) is 0 Å². The lowest BCUT2D eigenvalue weighted by Crippen LogP contribution is -2.27. The van der Waals surface area contributed by atoms with E-state index < -0.39 is 10.0 Å². The third-order valence-corrected chi connectivity index (χ3v) is 5.94. The summed E-state index contributed by atoms with van der Waals surface area (Å²) >= 11 is 3.45. The van der Waals surface area contributed by atoms with E-state index in [0.29, 0.717) is 6.61 Å². The van der Waals surface area contributed by atoms with Crippen LogP contribution >= 0.6 is 15.9 Å². The molecule has 1 heterocycles. The van der Waals surface area contributed by atoms with Crippen LogP contribution in [0.5, 0.6) is 5.75 Å². The maximum absolute atomic E-state index is 12.6.